The summed E-state index contributed by atoms with van der Waals surface area (Å²) in [6.07, 6.45) is -1.81. The summed E-state index contributed by atoms with van der Waals surface area (Å²) in [7, 11) is 0. The van der Waals surface area contributed by atoms with E-state index in [-0.39, 0.29) is 12.2 Å². The number of benzene rings is 1. The number of nitrogens with zero attached hydrogens (tertiary/aromatic N) is 2. The van der Waals surface area contributed by atoms with Crippen molar-refractivity contribution in [1.82, 2.24) is 4.40 Å². The molecule has 2 heterocycles. The van der Waals surface area contributed by atoms with Crippen LogP contribution in [0.1, 0.15) is 43.1 Å². The Balaban J connectivity index is 2.25. The van der Waals surface area contributed by atoms with E-state index < -0.39 is 29.5 Å². The lowest BCUT2D eigenvalue weighted by Gasteiger charge is -2.17. The number of Topliss-reactive ketones (excluding diaryl/α,β-unsaturated/α-hetero) is 1. The van der Waals surface area contributed by atoms with Crippen molar-refractivity contribution in [2.45, 2.75) is 51.3 Å². The topological polar surface area (TPSA) is 48.4 Å². The minimum absolute atomic E-state index is 0.112. The first-order valence-electron chi connectivity index (χ1n) is 9.23. The number of aryl methyl sites for hydroxylation is 1. The molecule has 9 heteroatoms. The zero-order chi connectivity index (χ0) is 21.4. The molecule has 0 unspecified atom stereocenters. The second kappa shape index (κ2) is 7.61. The highest BCUT2D eigenvalue weighted by molar-refractivity contribution is 6.04. The predicted molar refractivity (Wildman–Crippen MR) is 94.0 cm³/mol. The zero-order valence-corrected chi connectivity index (χ0v) is 15.6. The van der Waals surface area contributed by atoms with Crippen LogP contribution >= 0.6 is 0 Å². The molecule has 0 aliphatic rings. The highest BCUT2D eigenvalue weighted by Crippen LogP contribution is 2.39. The van der Waals surface area contributed by atoms with Gasteiger partial charge < -0.3 is 5.11 Å². The molecule has 0 bridgehead atoms. The molecule has 156 valence electrons. The molecule has 4 nitrogen and oxygen atoms in total. The number of halogens is 5. The third kappa shape index (κ3) is 3.54. The van der Waals surface area contributed by atoms with E-state index in [0.29, 0.717) is 17.2 Å². The van der Waals surface area contributed by atoms with E-state index in [4.69, 9.17) is 0 Å². The number of aromatic nitrogens is 2. The Labute approximate surface area is 163 Å². The summed E-state index contributed by atoms with van der Waals surface area (Å²) in [4.78, 5) is 12.2. The van der Waals surface area contributed by atoms with E-state index in [0.717, 1.165) is 28.2 Å². The monoisotopic (exact) mass is 414 g/mol. The third-order valence-electron chi connectivity index (χ3n) is 4.87. The number of hydrogen-bond donors (Lipinski definition) is 0. The van der Waals surface area contributed by atoms with Crippen molar-refractivity contribution < 1.29 is 36.4 Å². The lowest BCUT2D eigenvalue weighted by Crippen LogP contribution is -2.45. The van der Waals surface area contributed by atoms with E-state index in [2.05, 4.69) is 0 Å². The largest absolute Gasteiger partial charge is 0.839 e. The number of fused-ring (bicyclic) bond motifs is 3. The van der Waals surface area contributed by atoms with E-state index in [1.807, 2.05) is 6.92 Å². The Bertz CT molecular complexity index is 1060. The Morgan fingerprint density at radius 2 is 1.76 bits per heavy atom. The standard InChI is InChI=1S/C20H19F5N2O2/c1-2-3-4-7-11-27-17-14-9-6-5-8-13(14)10-12-26(17)15(18(27)29)16(28)19(21,22)20(23,24)25/h5-6,8-10,12H,2-4,7,11H2,1H3. The summed E-state index contributed by atoms with van der Waals surface area (Å²) >= 11 is 0. The Morgan fingerprint density at radius 3 is 2.41 bits per heavy atom. The minimum Gasteiger partial charge on any atom is -0.839 e. The lowest BCUT2D eigenvalue weighted by molar-refractivity contribution is -0.711. The number of pyridine rings is 1. The van der Waals surface area contributed by atoms with Gasteiger partial charge in [0.2, 0.25) is 5.69 Å². The van der Waals surface area contributed by atoms with Crippen LogP contribution < -0.4 is 9.67 Å². The second-order valence-corrected chi connectivity index (χ2v) is 6.86. The number of alkyl halides is 5. The molecule has 3 aromatic rings. The van der Waals surface area contributed by atoms with Crippen LogP contribution in [0.25, 0.3) is 16.4 Å². The van der Waals surface area contributed by atoms with Crippen molar-refractivity contribution in [2.24, 2.45) is 0 Å². The van der Waals surface area contributed by atoms with Crippen LogP contribution in [0, 0.1) is 0 Å². The molecule has 1 aromatic carbocycles. The molecule has 0 fully saturated rings. The maximum absolute atomic E-state index is 13.8. The molecule has 0 aliphatic heterocycles. The van der Waals surface area contributed by atoms with Crippen LogP contribution in [-0.2, 0) is 6.54 Å². The third-order valence-corrected chi connectivity index (χ3v) is 4.87. The van der Waals surface area contributed by atoms with Gasteiger partial charge in [-0.3, -0.25) is 4.79 Å². The summed E-state index contributed by atoms with van der Waals surface area (Å²) in [5.41, 5.74) is -1.06. The first-order valence-corrected chi connectivity index (χ1v) is 9.23. The molecule has 0 radical (unpaired) electrons. The molecular weight excluding hydrogens is 395 g/mol. The molecule has 3 rings (SSSR count). The fourth-order valence-electron chi connectivity index (χ4n) is 3.37. The van der Waals surface area contributed by atoms with Crippen molar-refractivity contribution in [3.63, 3.8) is 0 Å². The Morgan fingerprint density at radius 1 is 1.07 bits per heavy atom. The quantitative estimate of drug-likeness (QED) is 0.249. The van der Waals surface area contributed by atoms with Crippen LogP contribution in [-0.4, -0.2) is 22.3 Å². The van der Waals surface area contributed by atoms with Crippen molar-refractivity contribution >= 4 is 22.2 Å². The first kappa shape index (κ1) is 21.0. The summed E-state index contributed by atoms with van der Waals surface area (Å²) in [6, 6.07) is 8.21. The second-order valence-electron chi connectivity index (χ2n) is 6.86. The van der Waals surface area contributed by atoms with Gasteiger partial charge in [-0.1, -0.05) is 38.0 Å². The Hall–Kier alpha value is -2.71. The number of carbonyl (C=O) groups excluding carboxylic acids is 1. The molecule has 0 saturated heterocycles. The first-order chi connectivity index (χ1) is 13.6. The number of unbranched alkanes of at least 4 members (excludes halogenated alkanes) is 3. The summed E-state index contributed by atoms with van der Waals surface area (Å²) < 4.78 is 67.8. The fraction of sp³-hybridized carbons (Fsp3) is 0.400. The van der Waals surface area contributed by atoms with E-state index in [9.17, 15) is 31.9 Å². The summed E-state index contributed by atoms with van der Waals surface area (Å²) in [5.74, 6) is -9.36. The smallest absolute Gasteiger partial charge is 0.461 e. The van der Waals surface area contributed by atoms with E-state index in [1.54, 1.807) is 24.3 Å². The maximum atomic E-state index is 13.8. The van der Waals surface area contributed by atoms with Crippen LogP contribution in [0.15, 0.2) is 36.5 Å². The van der Waals surface area contributed by atoms with E-state index in [1.165, 1.54) is 12.3 Å². The van der Waals surface area contributed by atoms with Gasteiger partial charge in [0.1, 0.15) is 5.88 Å². The van der Waals surface area contributed by atoms with Crippen molar-refractivity contribution in [3.05, 3.63) is 42.2 Å². The molecule has 2 aromatic heterocycles. The van der Waals surface area contributed by atoms with Crippen molar-refractivity contribution in [2.75, 3.05) is 0 Å². The Kier molecular flexibility index (Phi) is 5.51. The average Bonchev–Trinajstić information content (AvgIpc) is 2.95. The number of imidazole rings is 1. The molecule has 0 spiro atoms. The van der Waals surface area contributed by atoms with Gasteiger partial charge in [-0.05, 0) is 30.4 Å². The van der Waals surface area contributed by atoms with Crippen LogP contribution in [0.3, 0.4) is 0 Å². The summed E-state index contributed by atoms with van der Waals surface area (Å²) in [6.45, 7) is 2.10. The van der Waals surface area contributed by atoms with Crippen LogP contribution in [0.4, 0.5) is 22.0 Å². The van der Waals surface area contributed by atoms with Crippen molar-refractivity contribution in [1.29, 1.82) is 0 Å². The molecule has 29 heavy (non-hydrogen) atoms. The van der Waals surface area contributed by atoms with Crippen LogP contribution in [0.5, 0.6) is 5.88 Å². The molecule has 0 amide bonds. The molecule has 0 N–H and O–H groups in total. The van der Waals surface area contributed by atoms with Gasteiger partial charge >= 0.3 is 12.1 Å². The molecular formula is C20H19F5N2O2. The van der Waals surface area contributed by atoms with Gasteiger partial charge in [-0.15, -0.1) is 0 Å². The number of rotatable bonds is 7. The van der Waals surface area contributed by atoms with Gasteiger partial charge in [0.05, 0.1) is 18.1 Å². The molecule has 0 atom stereocenters. The fourth-order valence-corrected chi connectivity index (χ4v) is 3.37. The van der Waals surface area contributed by atoms with Gasteiger partial charge in [0, 0.05) is 0 Å². The SMILES string of the molecule is CCCCCC[n+]1c([O-])c(C(=O)C(F)(F)C(F)(F)F)n2ccc3ccccc3c21. The lowest BCUT2D eigenvalue weighted by atomic mass is 10.1. The molecule has 0 aliphatic carbocycles. The van der Waals surface area contributed by atoms with E-state index >= 15 is 0 Å². The molecule has 0 saturated carbocycles. The minimum atomic E-state index is -6.09. The number of carbonyl (C=O) groups is 1. The highest BCUT2D eigenvalue weighted by Gasteiger charge is 2.65. The number of ketones is 1. The zero-order valence-electron chi connectivity index (χ0n) is 15.6. The van der Waals surface area contributed by atoms with Gasteiger partial charge in [0.25, 0.3) is 11.4 Å². The van der Waals surface area contributed by atoms with Gasteiger partial charge in [-0.25, -0.2) is 4.57 Å². The van der Waals surface area contributed by atoms with Gasteiger partial charge in [-0.2, -0.15) is 26.4 Å². The normalized spacial score (nSPS) is 12.8. The van der Waals surface area contributed by atoms with Crippen LogP contribution in [0.2, 0.25) is 0 Å². The van der Waals surface area contributed by atoms with Crippen molar-refractivity contribution in [3.8, 4) is 5.88 Å². The predicted octanol–water partition coefficient (Wildman–Crippen LogP) is 4.41. The van der Waals surface area contributed by atoms with Gasteiger partial charge in [0.15, 0.2) is 0 Å². The number of hydrogen-bond acceptors (Lipinski definition) is 2. The summed E-state index contributed by atoms with van der Waals surface area (Å²) in [5, 5.41) is 14.0. The maximum Gasteiger partial charge on any atom is 0.461 e. The average molecular weight is 414 g/mol. The highest BCUT2D eigenvalue weighted by atomic mass is 19.4.